The molecule has 1 aromatic carbocycles. The fraction of sp³-hybridized carbons (Fsp3) is 0.400. The molecule has 0 saturated heterocycles. The molecule has 0 radical (unpaired) electrons. The number of benzene rings is 1. The van der Waals surface area contributed by atoms with E-state index < -0.39 is 0 Å². The first-order valence-corrected chi connectivity index (χ1v) is 6.57. The van der Waals surface area contributed by atoms with Crippen LogP contribution in [0, 0.1) is 0 Å². The van der Waals surface area contributed by atoms with Crippen molar-refractivity contribution in [2.45, 2.75) is 38.8 Å². The van der Waals surface area contributed by atoms with Gasteiger partial charge in [-0.2, -0.15) is 5.10 Å². The number of hydrogen-bond acceptors (Lipinski definition) is 2. The molecule has 96 valence electrons. The summed E-state index contributed by atoms with van der Waals surface area (Å²) in [6.07, 6.45) is 7.39. The molecule has 2 rings (SSSR count). The predicted octanol–water partition coefficient (Wildman–Crippen LogP) is 2.93. The van der Waals surface area contributed by atoms with Crippen LogP contribution in [0.1, 0.15) is 36.9 Å². The average molecular weight is 243 g/mol. The molecule has 0 amide bonds. The van der Waals surface area contributed by atoms with Gasteiger partial charge in [-0.15, -0.1) is 0 Å². The molecule has 0 aliphatic rings. The fourth-order valence-electron chi connectivity index (χ4n) is 1.98. The van der Waals surface area contributed by atoms with E-state index in [9.17, 15) is 0 Å². The Morgan fingerprint density at radius 2 is 2.00 bits per heavy atom. The van der Waals surface area contributed by atoms with Crippen LogP contribution >= 0.6 is 0 Å². The maximum absolute atomic E-state index is 5.80. The van der Waals surface area contributed by atoms with Gasteiger partial charge in [0, 0.05) is 24.3 Å². The van der Waals surface area contributed by atoms with Gasteiger partial charge < -0.3 is 5.73 Å². The molecule has 0 spiro atoms. The third kappa shape index (κ3) is 3.70. The molecule has 3 heteroatoms. The van der Waals surface area contributed by atoms with Crippen LogP contribution in [0.25, 0.3) is 0 Å². The Morgan fingerprint density at radius 3 is 2.67 bits per heavy atom. The van der Waals surface area contributed by atoms with Crippen molar-refractivity contribution in [3.8, 4) is 0 Å². The second-order valence-electron chi connectivity index (χ2n) is 4.77. The minimum atomic E-state index is 0.0723. The zero-order valence-corrected chi connectivity index (χ0v) is 10.9. The molecule has 18 heavy (non-hydrogen) atoms. The van der Waals surface area contributed by atoms with E-state index in [1.165, 1.54) is 12.0 Å². The molecule has 0 saturated carbocycles. The summed E-state index contributed by atoms with van der Waals surface area (Å²) in [6, 6.07) is 10.7. The van der Waals surface area contributed by atoms with E-state index in [2.05, 4.69) is 35.4 Å². The van der Waals surface area contributed by atoms with Crippen LogP contribution in [-0.4, -0.2) is 9.78 Å². The van der Waals surface area contributed by atoms with E-state index in [1.54, 1.807) is 0 Å². The van der Waals surface area contributed by atoms with E-state index >= 15 is 0 Å². The van der Waals surface area contributed by atoms with Gasteiger partial charge in [-0.05, 0) is 31.7 Å². The molecular weight excluding hydrogens is 222 g/mol. The van der Waals surface area contributed by atoms with Crippen molar-refractivity contribution in [1.82, 2.24) is 9.78 Å². The monoisotopic (exact) mass is 243 g/mol. The van der Waals surface area contributed by atoms with Gasteiger partial charge in [0.25, 0.3) is 0 Å². The summed E-state index contributed by atoms with van der Waals surface area (Å²) in [6.45, 7) is 2.95. The number of hydrogen-bond donors (Lipinski definition) is 1. The first-order chi connectivity index (χ1) is 8.75. The van der Waals surface area contributed by atoms with Gasteiger partial charge in [-0.25, -0.2) is 0 Å². The van der Waals surface area contributed by atoms with Gasteiger partial charge in [0.05, 0.1) is 6.20 Å². The zero-order chi connectivity index (χ0) is 12.8. The molecule has 3 nitrogen and oxygen atoms in total. The molecule has 1 atom stereocenters. The van der Waals surface area contributed by atoms with Gasteiger partial charge in [-0.1, -0.05) is 30.3 Å². The second kappa shape index (κ2) is 6.36. The minimum absolute atomic E-state index is 0.0723. The van der Waals surface area contributed by atoms with Crippen molar-refractivity contribution in [1.29, 1.82) is 0 Å². The molecule has 2 aromatic rings. The third-order valence-corrected chi connectivity index (χ3v) is 3.12. The van der Waals surface area contributed by atoms with Crippen LogP contribution in [-0.2, 0) is 13.0 Å². The van der Waals surface area contributed by atoms with E-state index in [0.29, 0.717) is 0 Å². The number of nitrogens with zero attached hydrogens (tertiary/aromatic N) is 2. The van der Waals surface area contributed by atoms with Crippen LogP contribution in [0.3, 0.4) is 0 Å². The Kier molecular flexibility index (Phi) is 4.53. The number of aromatic nitrogens is 2. The molecule has 1 unspecified atom stereocenters. The highest BCUT2D eigenvalue weighted by Crippen LogP contribution is 2.09. The number of nitrogens with two attached hydrogens (primary N) is 1. The molecule has 0 aliphatic heterocycles. The lowest BCUT2D eigenvalue weighted by Gasteiger charge is -2.03. The molecule has 1 heterocycles. The summed E-state index contributed by atoms with van der Waals surface area (Å²) < 4.78 is 1.99. The van der Waals surface area contributed by atoms with E-state index in [0.717, 1.165) is 24.9 Å². The van der Waals surface area contributed by atoms with E-state index in [-0.39, 0.29) is 6.04 Å². The third-order valence-electron chi connectivity index (χ3n) is 3.12. The van der Waals surface area contributed by atoms with Crippen LogP contribution < -0.4 is 5.73 Å². The SMILES string of the molecule is CC(N)c1cnn(CCCCc2ccccc2)c1. The van der Waals surface area contributed by atoms with Crippen LogP contribution in [0.4, 0.5) is 0 Å². The van der Waals surface area contributed by atoms with Crippen LogP contribution in [0.15, 0.2) is 42.7 Å². The van der Waals surface area contributed by atoms with Crippen LogP contribution in [0.2, 0.25) is 0 Å². The van der Waals surface area contributed by atoms with E-state index in [1.807, 2.05) is 24.0 Å². The summed E-state index contributed by atoms with van der Waals surface area (Å²) in [5, 5.41) is 4.32. The highest BCUT2D eigenvalue weighted by Gasteiger charge is 2.02. The zero-order valence-electron chi connectivity index (χ0n) is 10.9. The molecule has 1 aromatic heterocycles. The van der Waals surface area contributed by atoms with Gasteiger partial charge in [0.1, 0.15) is 0 Å². The topological polar surface area (TPSA) is 43.8 Å². The Labute approximate surface area is 109 Å². The standard InChI is InChI=1S/C15H21N3/c1-13(16)15-11-17-18(12-15)10-6-5-9-14-7-3-2-4-8-14/h2-4,7-8,11-13H,5-6,9-10,16H2,1H3. The minimum Gasteiger partial charge on any atom is -0.324 e. The van der Waals surface area contributed by atoms with Gasteiger partial charge in [-0.3, -0.25) is 4.68 Å². The quantitative estimate of drug-likeness (QED) is 0.793. The molecule has 0 fully saturated rings. The van der Waals surface area contributed by atoms with Crippen LogP contribution in [0.5, 0.6) is 0 Å². The lowest BCUT2D eigenvalue weighted by Crippen LogP contribution is -2.04. The summed E-state index contributed by atoms with van der Waals surface area (Å²) in [4.78, 5) is 0. The number of aryl methyl sites for hydroxylation is 2. The summed E-state index contributed by atoms with van der Waals surface area (Å²) in [5.41, 5.74) is 8.33. The molecule has 2 N–H and O–H groups in total. The maximum atomic E-state index is 5.80. The first-order valence-electron chi connectivity index (χ1n) is 6.57. The summed E-state index contributed by atoms with van der Waals surface area (Å²) in [7, 11) is 0. The molecule has 0 bridgehead atoms. The number of rotatable bonds is 6. The second-order valence-corrected chi connectivity index (χ2v) is 4.77. The van der Waals surface area contributed by atoms with Crippen molar-refractivity contribution >= 4 is 0 Å². The average Bonchev–Trinajstić information content (AvgIpc) is 2.85. The maximum Gasteiger partial charge on any atom is 0.0537 e. The lowest BCUT2D eigenvalue weighted by molar-refractivity contribution is 0.557. The number of unbranched alkanes of at least 4 members (excludes halogenated alkanes) is 1. The molecule has 0 aliphatic carbocycles. The highest BCUT2D eigenvalue weighted by atomic mass is 15.3. The Balaban J connectivity index is 1.72. The Morgan fingerprint density at radius 1 is 1.22 bits per heavy atom. The lowest BCUT2D eigenvalue weighted by atomic mass is 10.1. The predicted molar refractivity (Wildman–Crippen MR) is 74.2 cm³/mol. The van der Waals surface area contributed by atoms with Gasteiger partial charge >= 0.3 is 0 Å². The normalized spacial score (nSPS) is 12.6. The Hall–Kier alpha value is -1.61. The van der Waals surface area contributed by atoms with E-state index in [4.69, 9.17) is 5.73 Å². The Bertz CT molecular complexity index is 460. The van der Waals surface area contributed by atoms with Crippen molar-refractivity contribution in [2.75, 3.05) is 0 Å². The highest BCUT2D eigenvalue weighted by molar-refractivity contribution is 5.14. The van der Waals surface area contributed by atoms with Crippen molar-refractivity contribution in [2.24, 2.45) is 5.73 Å². The van der Waals surface area contributed by atoms with Gasteiger partial charge in [0.2, 0.25) is 0 Å². The largest absolute Gasteiger partial charge is 0.324 e. The van der Waals surface area contributed by atoms with Crippen molar-refractivity contribution in [3.05, 3.63) is 53.9 Å². The van der Waals surface area contributed by atoms with Crippen molar-refractivity contribution < 1.29 is 0 Å². The summed E-state index contributed by atoms with van der Waals surface area (Å²) in [5.74, 6) is 0. The smallest absolute Gasteiger partial charge is 0.0537 e. The fourth-order valence-corrected chi connectivity index (χ4v) is 1.98. The first kappa shape index (κ1) is 12.8. The van der Waals surface area contributed by atoms with Crippen molar-refractivity contribution in [3.63, 3.8) is 0 Å². The summed E-state index contributed by atoms with van der Waals surface area (Å²) >= 11 is 0. The van der Waals surface area contributed by atoms with Gasteiger partial charge in [0.15, 0.2) is 0 Å². The molecular formula is C15H21N3.